The van der Waals surface area contributed by atoms with Gasteiger partial charge >= 0.3 is 0 Å². The summed E-state index contributed by atoms with van der Waals surface area (Å²) in [5.41, 5.74) is 1.34. The number of hydrogen-bond acceptors (Lipinski definition) is 1. The van der Waals surface area contributed by atoms with E-state index in [9.17, 15) is 0 Å². The molecule has 0 unspecified atom stereocenters. The third-order valence-corrected chi connectivity index (χ3v) is 3.31. The summed E-state index contributed by atoms with van der Waals surface area (Å²) in [5.74, 6) is 1.27. The number of hydrogen-bond donors (Lipinski definition) is 0. The molecule has 0 bridgehead atoms. The van der Waals surface area contributed by atoms with Crippen molar-refractivity contribution < 1.29 is 0 Å². The molecule has 1 aromatic heterocycles. The average molecular weight is 192 g/mol. The average Bonchev–Trinajstić information content (AvgIpc) is 2.61. The van der Waals surface area contributed by atoms with Crippen LogP contribution >= 0.6 is 0 Å². The van der Waals surface area contributed by atoms with E-state index in [2.05, 4.69) is 23.4 Å². The molecule has 1 aliphatic carbocycles. The van der Waals surface area contributed by atoms with Gasteiger partial charge in [-0.25, -0.2) is 4.98 Å². The van der Waals surface area contributed by atoms with Crippen LogP contribution in [0.1, 0.15) is 56.6 Å². The van der Waals surface area contributed by atoms with Gasteiger partial charge in [0.25, 0.3) is 0 Å². The summed E-state index contributed by atoms with van der Waals surface area (Å²) < 4.78 is 2.47. The normalized spacial score (nSPS) is 18.7. The minimum absolute atomic E-state index is 0.737. The van der Waals surface area contributed by atoms with Crippen molar-refractivity contribution in [1.82, 2.24) is 9.55 Å². The van der Waals surface area contributed by atoms with Crippen molar-refractivity contribution in [2.24, 2.45) is 0 Å². The smallest absolute Gasteiger partial charge is 0.108 e. The van der Waals surface area contributed by atoms with Crippen LogP contribution in [0.3, 0.4) is 0 Å². The van der Waals surface area contributed by atoms with E-state index < -0.39 is 0 Å². The Labute approximate surface area is 86.3 Å². The quantitative estimate of drug-likeness (QED) is 0.703. The highest BCUT2D eigenvalue weighted by molar-refractivity contribution is 5.05. The van der Waals surface area contributed by atoms with Crippen molar-refractivity contribution in [3.63, 3.8) is 0 Å². The lowest BCUT2D eigenvalue weighted by Crippen LogP contribution is -2.16. The number of imidazole rings is 1. The predicted octanol–water partition coefficient (Wildman–Crippen LogP) is 3.26. The van der Waals surface area contributed by atoms with Crippen LogP contribution in [0.15, 0.2) is 6.20 Å². The zero-order valence-corrected chi connectivity index (χ0v) is 9.29. The van der Waals surface area contributed by atoms with Crippen LogP contribution < -0.4 is 0 Å². The second-order valence-electron chi connectivity index (χ2n) is 4.33. The fraction of sp³-hybridized carbons (Fsp3) is 0.750. The Balaban J connectivity index is 2.23. The fourth-order valence-electron chi connectivity index (χ4n) is 2.60. The molecule has 1 fully saturated rings. The highest BCUT2D eigenvalue weighted by Crippen LogP contribution is 2.30. The van der Waals surface area contributed by atoms with E-state index >= 15 is 0 Å². The van der Waals surface area contributed by atoms with Gasteiger partial charge in [0.15, 0.2) is 0 Å². The lowest BCUT2D eigenvalue weighted by atomic mass is 9.95. The Morgan fingerprint density at radius 1 is 1.36 bits per heavy atom. The molecular weight excluding hydrogens is 172 g/mol. The molecular formula is C12H20N2. The van der Waals surface area contributed by atoms with Crippen molar-refractivity contribution in [3.05, 3.63) is 17.7 Å². The second kappa shape index (κ2) is 4.16. The SMILES string of the molecule is CCc1ncc(C)n1C1CCCCC1. The van der Waals surface area contributed by atoms with Gasteiger partial charge in [-0.3, -0.25) is 0 Å². The van der Waals surface area contributed by atoms with Gasteiger partial charge in [-0.2, -0.15) is 0 Å². The van der Waals surface area contributed by atoms with E-state index in [0.717, 1.165) is 12.5 Å². The molecule has 0 atom stereocenters. The predicted molar refractivity (Wildman–Crippen MR) is 58.5 cm³/mol. The topological polar surface area (TPSA) is 17.8 Å². The van der Waals surface area contributed by atoms with Crippen molar-refractivity contribution in [3.8, 4) is 0 Å². The zero-order chi connectivity index (χ0) is 9.97. The minimum Gasteiger partial charge on any atom is -0.329 e. The van der Waals surface area contributed by atoms with Crippen molar-refractivity contribution in [2.75, 3.05) is 0 Å². The number of aryl methyl sites for hydroxylation is 2. The molecule has 0 amide bonds. The highest BCUT2D eigenvalue weighted by atomic mass is 15.1. The molecule has 14 heavy (non-hydrogen) atoms. The van der Waals surface area contributed by atoms with E-state index in [0.29, 0.717) is 0 Å². The summed E-state index contributed by atoms with van der Waals surface area (Å²) in [6.45, 7) is 4.38. The van der Waals surface area contributed by atoms with E-state index in [1.165, 1.54) is 43.6 Å². The van der Waals surface area contributed by atoms with Crippen LogP contribution in [0.2, 0.25) is 0 Å². The molecule has 1 saturated carbocycles. The van der Waals surface area contributed by atoms with Crippen LogP contribution in [0.4, 0.5) is 0 Å². The highest BCUT2D eigenvalue weighted by Gasteiger charge is 2.18. The molecule has 0 radical (unpaired) electrons. The first-order chi connectivity index (χ1) is 6.83. The minimum atomic E-state index is 0.737. The third kappa shape index (κ3) is 1.70. The molecule has 2 rings (SSSR count). The van der Waals surface area contributed by atoms with E-state index in [1.807, 2.05) is 6.20 Å². The first-order valence-electron chi connectivity index (χ1n) is 5.85. The van der Waals surface area contributed by atoms with Gasteiger partial charge in [0.1, 0.15) is 5.82 Å². The van der Waals surface area contributed by atoms with Crippen molar-refractivity contribution in [2.45, 2.75) is 58.4 Å². The number of nitrogens with zero attached hydrogens (tertiary/aromatic N) is 2. The van der Waals surface area contributed by atoms with Gasteiger partial charge in [0.2, 0.25) is 0 Å². The molecule has 0 spiro atoms. The molecule has 0 N–H and O–H groups in total. The van der Waals surface area contributed by atoms with Crippen molar-refractivity contribution >= 4 is 0 Å². The van der Waals surface area contributed by atoms with Crippen LogP contribution in [0.5, 0.6) is 0 Å². The molecule has 0 aromatic carbocycles. The summed E-state index contributed by atoms with van der Waals surface area (Å²) in [5, 5.41) is 0. The van der Waals surface area contributed by atoms with Crippen molar-refractivity contribution in [1.29, 1.82) is 0 Å². The van der Waals surface area contributed by atoms with Crippen LogP contribution in [-0.4, -0.2) is 9.55 Å². The van der Waals surface area contributed by atoms with E-state index in [1.54, 1.807) is 0 Å². The molecule has 1 heterocycles. The number of aromatic nitrogens is 2. The third-order valence-electron chi connectivity index (χ3n) is 3.31. The summed E-state index contributed by atoms with van der Waals surface area (Å²) in [6, 6.07) is 0.737. The Morgan fingerprint density at radius 2 is 2.07 bits per heavy atom. The van der Waals surface area contributed by atoms with Gasteiger partial charge in [-0.1, -0.05) is 26.2 Å². The summed E-state index contributed by atoms with van der Waals surface area (Å²) >= 11 is 0. The maximum absolute atomic E-state index is 4.47. The van der Waals surface area contributed by atoms with Crippen LogP contribution in [0.25, 0.3) is 0 Å². The first-order valence-corrected chi connectivity index (χ1v) is 5.85. The Morgan fingerprint density at radius 3 is 2.71 bits per heavy atom. The van der Waals surface area contributed by atoms with Crippen LogP contribution in [0, 0.1) is 6.92 Å². The van der Waals surface area contributed by atoms with Gasteiger partial charge in [0.05, 0.1) is 0 Å². The maximum Gasteiger partial charge on any atom is 0.108 e. The number of rotatable bonds is 2. The van der Waals surface area contributed by atoms with Gasteiger partial charge in [-0.15, -0.1) is 0 Å². The second-order valence-corrected chi connectivity index (χ2v) is 4.33. The summed E-state index contributed by atoms with van der Waals surface area (Å²) in [6.07, 6.45) is 9.99. The maximum atomic E-state index is 4.47. The Hall–Kier alpha value is -0.790. The standard InChI is InChI=1S/C12H20N2/c1-3-12-13-9-10(2)14(12)11-7-5-4-6-8-11/h9,11H,3-8H2,1-2H3. The largest absolute Gasteiger partial charge is 0.329 e. The Kier molecular flexibility index (Phi) is 2.90. The molecule has 2 nitrogen and oxygen atoms in total. The molecule has 1 aliphatic rings. The first kappa shape index (κ1) is 9.75. The lowest BCUT2D eigenvalue weighted by Gasteiger charge is -2.25. The lowest BCUT2D eigenvalue weighted by molar-refractivity contribution is 0.342. The fourth-order valence-corrected chi connectivity index (χ4v) is 2.60. The molecule has 1 aromatic rings. The molecule has 78 valence electrons. The molecule has 2 heteroatoms. The van der Waals surface area contributed by atoms with Gasteiger partial charge < -0.3 is 4.57 Å². The molecule has 0 saturated heterocycles. The summed E-state index contributed by atoms with van der Waals surface area (Å²) in [4.78, 5) is 4.47. The monoisotopic (exact) mass is 192 g/mol. The van der Waals surface area contributed by atoms with Gasteiger partial charge in [-0.05, 0) is 19.8 Å². The van der Waals surface area contributed by atoms with E-state index in [4.69, 9.17) is 0 Å². The Bertz CT molecular complexity index is 295. The van der Waals surface area contributed by atoms with Crippen LogP contribution in [-0.2, 0) is 6.42 Å². The van der Waals surface area contributed by atoms with Gasteiger partial charge in [0, 0.05) is 24.4 Å². The van der Waals surface area contributed by atoms with E-state index in [-0.39, 0.29) is 0 Å². The summed E-state index contributed by atoms with van der Waals surface area (Å²) in [7, 11) is 0. The molecule has 0 aliphatic heterocycles. The zero-order valence-electron chi connectivity index (χ0n) is 9.29.